The van der Waals surface area contributed by atoms with E-state index in [0.29, 0.717) is 30.1 Å². The molecule has 0 aromatic heterocycles. The molecule has 1 fully saturated rings. The van der Waals surface area contributed by atoms with Gasteiger partial charge in [0.2, 0.25) is 0 Å². The number of benzene rings is 3. The van der Waals surface area contributed by atoms with Crippen molar-refractivity contribution in [1.29, 1.82) is 16.2 Å². The molecule has 0 spiro atoms. The number of ether oxygens (including phenoxy) is 1. The summed E-state index contributed by atoms with van der Waals surface area (Å²) in [6.45, 7) is 4.89. The van der Waals surface area contributed by atoms with Crippen molar-refractivity contribution in [1.82, 2.24) is 4.90 Å². The van der Waals surface area contributed by atoms with Gasteiger partial charge in [-0.05, 0) is 54.4 Å². The van der Waals surface area contributed by atoms with Gasteiger partial charge in [-0.25, -0.2) is 0 Å². The van der Waals surface area contributed by atoms with E-state index in [0.717, 1.165) is 48.5 Å². The molecule has 0 atom stereocenters. The molecule has 0 radical (unpaired) electrons. The second-order valence-electron chi connectivity index (χ2n) is 10.2. The molecule has 3 aromatic rings. The van der Waals surface area contributed by atoms with Crippen molar-refractivity contribution in [2.75, 3.05) is 31.1 Å². The third kappa shape index (κ3) is 8.57. The number of nitrogens with zero attached hydrogens (tertiary/aromatic N) is 2. The van der Waals surface area contributed by atoms with Gasteiger partial charge in [0, 0.05) is 55.8 Å². The minimum atomic E-state index is 0.0542. The van der Waals surface area contributed by atoms with Crippen LogP contribution in [0.5, 0.6) is 5.75 Å². The van der Waals surface area contributed by atoms with Gasteiger partial charge in [0.25, 0.3) is 0 Å². The Hall–Kier alpha value is -4.85. The quantitative estimate of drug-likeness (QED) is 0.163. The van der Waals surface area contributed by atoms with Crippen molar-refractivity contribution in [3.05, 3.63) is 107 Å². The van der Waals surface area contributed by atoms with Gasteiger partial charge in [0.05, 0.1) is 5.84 Å². The Morgan fingerprint density at radius 3 is 1.80 bits per heavy atom. The second kappa shape index (κ2) is 14.0. The lowest BCUT2D eigenvalue weighted by Crippen LogP contribution is -2.40. The molecule has 8 nitrogen and oxygen atoms in total. The van der Waals surface area contributed by atoms with Gasteiger partial charge < -0.3 is 26.0 Å². The topological polar surface area (TPSA) is 139 Å². The minimum absolute atomic E-state index is 0.0542. The molecule has 0 saturated carbocycles. The average Bonchev–Trinajstić information content (AvgIpc) is 2.97. The van der Waals surface area contributed by atoms with E-state index in [9.17, 15) is 0 Å². The first-order valence-electron chi connectivity index (χ1n) is 13.8. The zero-order valence-corrected chi connectivity index (χ0v) is 23.5. The maximum Gasteiger partial charge on any atom is 0.122 e. The van der Waals surface area contributed by atoms with Crippen LogP contribution in [0.4, 0.5) is 5.69 Å². The van der Waals surface area contributed by atoms with E-state index >= 15 is 0 Å². The lowest BCUT2D eigenvalue weighted by Gasteiger charge is -2.33. The van der Waals surface area contributed by atoms with Crippen LogP contribution in [0.1, 0.15) is 42.0 Å². The van der Waals surface area contributed by atoms with Crippen LogP contribution in [-0.4, -0.2) is 54.7 Å². The van der Waals surface area contributed by atoms with Gasteiger partial charge in [0.1, 0.15) is 23.5 Å². The van der Waals surface area contributed by atoms with E-state index in [1.807, 2.05) is 79.7 Å². The number of anilines is 1. The molecule has 1 aliphatic heterocycles. The van der Waals surface area contributed by atoms with Gasteiger partial charge >= 0.3 is 0 Å². The molecule has 41 heavy (non-hydrogen) atoms. The van der Waals surface area contributed by atoms with Crippen LogP contribution < -0.4 is 21.1 Å². The summed E-state index contributed by atoms with van der Waals surface area (Å²) in [6, 6.07) is 23.5. The number of nitrogens with two attached hydrogens (primary N) is 2. The summed E-state index contributed by atoms with van der Waals surface area (Å²) < 4.78 is 6.26. The molecule has 0 aliphatic carbocycles. The first kappa shape index (κ1) is 29.1. The number of piperidine rings is 1. The highest BCUT2D eigenvalue weighted by molar-refractivity contribution is 5.96. The Morgan fingerprint density at radius 1 is 0.829 bits per heavy atom. The molecule has 7 N–H and O–H groups in total. The van der Waals surface area contributed by atoms with E-state index in [4.69, 9.17) is 32.4 Å². The van der Waals surface area contributed by atoms with Gasteiger partial charge in [-0.3, -0.25) is 16.2 Å². The van der Waals surface area contributed by atoms with Crippen LogP contribution in [-0.2, 0) is 0 Å². The highest BCUT2D eigenvalue weighted by Gasteiger charge is 2.20. The van der Waals surface area contributed by atoms with Gasteiger partial charge in [0.15, 0.2) is 0 Å². The molecular formula is C33H39N7O. The molecule has 212 valence electrons. The lowest BCUT2D eigenvalue weighted by atomic mass is 10.1. The molecule has 0 unspecified atom stereocenters. The first-order chi connectivity index (χ1) is 19.8. The highest BCUT2D eigenvalue weighted by atomic mass is 16.5. The lowest BCUT2D eigenvalue weighted by molar-refractivity contribution is 0.130. The molecule has 1 heterocycles. The van der Waals surface area contributed by atoms with E-state index in [-0.39, 0.29) is 17.8 Å². The Morgan fingerprint density at radius 2 is 1.34 bits per heavy atom. The van der Waals surface area contributed by atoms with Gasteiger partial charge in [-0.15, -0.1) is 0 Å². The molecule has 4 rings (SSSR count). The van der Waals surface area contributed by atoms with Crippen LogP contribution in [0.25, 0.3) is 12.2 Å². The fraction of sp³-hybridized carbons (Fsp3) is 0.242. The van der Waals surface area contributed by atoms with Crippen molar-refractivity contribution < 1.29 is 4.74 Å². The average molecular weight is 550 g/mol. The second-order valence-corrected chi connectivity index (χ2v) is 10.2. The van der Waals surface area contributed by atoms with Crippen LogP contribution in [0, 0.1) is 16.2 Å². The Labute approximate surface area is 242 Å². The number of nitrogen functional groups attached to an aromatic ring is 2. The third-order valence-electron chi connectivity index (χ3n) is 7.09. The number of hydrogen-bond donors (Lipinski definition) is 5. The molecule has 0 bridgehead atoms. The van der Waals surface area contributed by atoms with Crippen molar-refractivity contribution in [2.24, 2.45) is 11.5 Å². The predicted octanol–water partition coefficient (Wildman–Crippen LogP) is 5.33. The Bertz CT molecular complexity index is 1350. The number of amidine groups is 3. The van der Waals surface area contributed by atoms with Crippen LogP contribution >= 0.6 is 0 Å². The molecule has 8 heteroatoms. The molecule has 3 aromatic carbocycles. The van der Waals surface area contributed by atoms with E-state index in [2.05, 4.69) is 34.1 Å². The summed E-state index contributed by atoms with van der Waals surface area (Å²) in [5.41, 5.74) is 15.8. The Balaban J connectivity index is 1.46. The van der Waals surface area contributed by atoms with Crippen molar-refractivity contribution >= 4 is 35.3 Å². The fourth-order valence-electron chi connectivity index (χ4n) is 4.77. The summed E-state index contributed by atoms with van der Waals surface area (Å²) in [6.07, 6.45) is 10.3. The van der Waals surface area contributed by atoms with Crippen molar-refractivity contribution in [3.8, 4) is 5.75 Å². The van der Waals surface area contributed by atoms with Crippen LogP contribution in [0.2, 0.25) is 0 Å². The minimum Gasteiger partial charge on any atom is -0.490 e. The van der Waals surface area contributed by atoms with E-state index in [1.54, 1.807) is 0 Å². The van der Waals surface area contributed by atoms with Gasteiger partial charge in [-0.1, -0.05) is 60.7 Å². The number of likely N-dealkylation sites (tertiary alicyclic amines) is 1. The Kier molecular flexibility index (Phi) is 9.94. The smallest absolute Gasteiger partial charge is 0.122 e. The normalized spacial score (nSPS) is 13.9. The molecule has 1 aliphatic rings. The number of rotatable bonds is 11. The largest absolute Gasteiger partial charge is 0.490 e. The molecule has 1 saturated heterocycles. The SMILES string of the molecule is CC(=N)N1CCC(Oc2ccc(N(CC=Cc3cccc(C(=N)N)c3)CC=Cc3cccc(C(=N)N)c3)cc2)CC1. The maximum absolute atomic E-state index is 7.83. The zero-order valence-electron chi connectivity index (χ0n) is 23.5. The fourth-order valence-corrected chi connectivity index (χ4v) is 4.77. The van der Waals surface area contributed by atoms with Crippen LogP contribution in [0.15, 0.2) is 84.9 Å². The van der Waals surface area contributed by atoms with Crippen LogP contribution in [0.3, 0.4) is 0 Å². The predicted molar refractivity (Wildman–Crippen MR) is 170 cm³/mol. The van der Waals surface area contributed by atoms with Crippen molar-refractivity contribution in [2.45, 2.75) is 25.9 Å². The van der Waals surface area contributed by atoms with Gasteiger partial charge in [-0.2, -0.15) is 0 Å². The molecule has 0 amide bonds. The third-order valence-corrected chi connectivity index (χ3v) is 7.09. The van der Waals surface area contributed by atoms with E-state index < -0.39 is 0 Å². The molecular weight excluding hydrogens is 510 g/mol. The highest BCUT2D eigenvalue weighted by Crippen LogP contribution is 2.23. The van der Waals surface area contributed by atoms with E-state index in [1.165, 1.54) is 0 Å². The summed E-state index contributed by atoms with van der Waals surface area (Å²) >= 11 is 0. The maximum atomic E-state index is 7.83. The first-order valence-corrected chi connectivity index (χ1v) is 13.8. The summed E-state index contributed by atoms with van der Waals surface area (Å²) in [4.78, 5) is 4.35. The summed E-state index contributed by atoms with van der Waals surface area (Å²) in [7, 11) is 0. The van der Waals surface area contributed by atoms with Crippen molar-refractivity contribution in [3.63, 3.8) is 0 Å². The zero-order chi connectivity index (χ0) is 29.2. The standard InChI is InChI=1S/C33H39N7O/c1-24(34)39-20-16-31(17-21-39)41-30-14-12-29(13-15-30)40(18-4-8-25-6-2-10-27(22-25)32(35)36)19-5-9-26-7-3-11-28(23-26)33(37)38/h2-15,22-23,31,34H,16-21H2,1H3,(H3,35,36)(H3,37,38). The summed E-state index contributed by atoms with van der Waals surface area (Å²) in [5, 5.41) is 23.2. The monoisotopic (exact) mass is 549 g/mol. The number of hydrogen-bond acceptors (Lipinski definition) is 5. The number of nitrogens with one attached hydrogen (secondary N) is 3. The summed E-state index contributed by atoms with van der Waals surface area (Å²) in [5.74, 6) is 1.58.